The topological polar surface area (TPSA) is 92.3 Å². The Bertz CT molecular complexity index is 326. The lowest BCUT2D eigenvalue weighted by atomic mass is 10.1. The van der Waals surface area contributed by atoms with Gasteiger partial charge < -0.3 is 21.6 Å². The molecule has 100 valence electrons. The second-order valence-corrected chi connectivity index (χ2v) is 4.25. The summed E-state index contributed by atoms with van der Waals surface area (Å²) >= 11 is 5.94. The minimum Gasteiger partial charge on any atom is -0.412 e. The lowest BCUT2D eigenvalue weighted by molar-refractivity contribution is 0.602. The first-order valence-electron chi connectivity index (χ1n) is 5.00. The van der Waals surface area contributed by atoms with Crippen LogP contribution in [0.2, 0.25) is 5.02 Å². The van der Waals surface area contributed by atoms with Gasteiger partial charge in [-0.1, -0.05) is 17.7 Å². The standard InChI is InChI=1S/C11H15ClN2.ClH.2H2O/c12-10-2-1-3-11(6-10)14-5-4-9(7-13)8-14;;;/h1-3,6,9H,4-5,7-8,13H2;1H;2*1H2. The number of rotatable bonds is 2. The Kier molecular flexibility index (Phi) is 9.48. The molecule has 1 heterocycles. The van der Waals surface area contributed by atoms with E-state index < -0.39 is 0 Å². The average Bonchev–Trinajstić information content (AvgIpc) is 2.66. The number of halogens is 2. The fraction of sp³-hybridized carbons (Fsp3) is 0.455. The molecule has 1 saturated heterocycles. The van der Waals surface area contributed by atoms with Crippen molar-refractivity contribution in [3.05, 3.63) is 29.3 Å². The molecule has 1 fully saturated rings. The monoisotopic (exact) mass is 282 g/mol. The summed E-state index contributed by atoms with van der Waals surface area (Å²) in [6.07, 6.45) is 1.20. The van der Waals surface area contributed by atoms with Gasteiger partial charge in [0.2, 0.25) is 0 Å². The third kappa shape index (κ3) is 4.69. The van der Waals surface area contributed by atoms with Gasteiger partial charge in [-0.25, -0.2) is 0 Å². The fourth-order valence-corrected chi connectivity index (χ4v) is 2.12. The third-order valence-electron chi connectivity index (χ3n) is 2.79. The molecule has 6 heteroatoms. The van der Waals surface area contributed by atoms with Crippen LogP contribution in [0.1, 0.15) is 6.42 Å². The van der Waals surface area contributed by atoms with Crippen molar-refractivity contribution in [1.29, 1.82) is 0 Å². The number of nitrogens with zero attached hydrogens (tertiary/aromatic N) is 1. The molecule has 0 amide bonds. The Labute approximate surface area is 113 Å². The van der Waals surface area contributed by atoms with E-state index in [1.807, 2.05) is 18.2 Å². The van der Waals surface area contributed by atoms with Crippen LogP contribution in [-0.2, 0) is 0 Å². The first-order valence-corrected chi connectivity index (χ1v) is 5.38. The molecule has 0 bridgehead atoms. The summed E-state index contributed by atoms with van der Waals surface area (Å²) in [5, 5.41) is 0.804. The first-order chi connectivity index (χ1) is 6.79. The van der Waals surface area contributed by atoms with E-state index in [1.54, 1.807) is 0 Å². The Hall–Kier alpha value is -0.520. The molecular formula is C11H20Cl2N2O2. The van der Waals surface area contributed by atoms with Crippen LogP contribution in [-0.4, -0.2) is 30.6 Å². The highest BCUT2D eigenvalue weighted by Crippen LogP contribution is 2.25. The van der Waals surface area contributed by atoms with Crippen molar-refractivity contribution in [2.75, 3.05) is 24.5 Å². The van der Waals surface area contributed by atoms with Gasteiger partial charge in [-0.3, -0.25) is 0 Å². The zero-order chi connectivity index (χ0) is 9.97. The number of hydrogen-bond acceptors (Lipinski definition) is 2. The molecule has 1 atom stereocenters. The van der Waals surface area contributed by atoms with Crippen molar-refractivity contribution < 1.29 is 11.0 Å². The zero-order valence-electron chi connectivity index (χ0n) is 9.53. The Balaban J connectivity index is 0. The van der Waals surface area contributed by atoms with E-state index in [0.29, 0.717) is 5.92 Å². The van der Waals surface area contributed by atoms with E-state index in [0.717, 1.165) is 24.7 Å². The highest BCUT2D eigenvalue weighted by Gasteiger charge is 2.21. The predicted octanol–water partition coefficient (Wildman–Crippen LogP) is 0.897. The van der Waals surface area contributed by atoms with Crippen LogP contribution >= 0.6 is 24.0 Å². The number of nitrogens with two attached hydrogens (primary N) is 1. The predicted molar refractivity (Wildman–Crippen MR) is 75.3 cm³/mol. The number of anilines is 1. The van der Waals surface area contributed by atoms with Gasteiger partial charge in [-0.2, -0.15) is 0 Å². The lowest BCUT2D eigenvalue weighted by Crippen LogP contribution is -2.22. The fourth-order valence-electron chi connectivity index (χ4n) is 1.93. The van der Waals surface area contributed by atoms with Gasteiger partial charge in [-0.15, -0.1) is 12.4 Å². The molecule has 17 heavy (non-hydrogen) atoms. The van der Waals surface area contributed by atoms with Gasteiger partial charge in [0.05, 0.1) is 0 Å². The molecule has 0 spiro atoms. The van der Waals surface area contributed by atoms with Gasteiger partial charge in [0, 0.05) is 23.8 Å². The summed E-state index contributed by atoms with van der Waals surface area (Å²) in [7, 11) is 0. The van der Waals surface area contributed by atoms with Crippen LogP contribution in [0, 0.1) is 5.92 Å². The average molecular weight is 283 g/mol. The normalized spacial score (nSPS) is 17.8. The molecule has 4 nitrogen and oxygen atoms in total. The third-order valence-corrected chi connectivity index (χ3v) is 3.03. The maximum Gasteiger partial charge on any atom is 0.0426 e. The van der Waals surface area contributed by atoms with Crippen LogP contribution in [0.4, 0.5) is 5.69 Å². The molecule has 6 N–H and O–H groups in total. The maximum absolute atomic E-state index is 5.94. The molecular weight excluding hydrogens is 263 g/mol. The smallest absolute Gasteiger partial charge is 0.0426 e. The Morgan fingerprint density at radius 3 is 2.59 bits per heavy atom. The highest BCUT2D eigenvalue weighted by atomic mass is 35.5. The summed E-state index contributed by atoms with van der Waals surface area (Å²) in [4.78, 5) is 2.35. The lowest BCUT2D eigenvalue weighted by Gasteiger charge is -2.18. The van der Waals surface area contributed by atoms with Gasteiger partial charge >= 0.3 is 0 Å². The first kappa shape index (κ1) is 18.8. The minimum absolute atomic E-state index is 0. The van der Waals surface area contributed by atoms with E-state index in [4.69, 9.17) is 17.3 Å². The molecule has 1 aliphatic rings. The van der Waals surface area contributed by atoms with Crippen molar-refractivity contribution in [3.8, 4) is 0 Å². The molecule has 1 aliphatic heterocycles. The van der Waals surface area contributed by atoms with Gasteiger partial charge in [0.1, 0.15) is 0 Å². The van der Waals surface area contributed by atoms with Crippen molar-refractivity contribution in [3.63, 3.8) is 0 Å². The van der Waals surface area contributed by atoms with E-state index in [2.05, 4.69) is 11.0 Å². The molecule has 0 saturated carbocycles. The van der Waals surface area contributed by atoms with Gasteiger partial charge in [0.25, 0.3) is 0 Å². The summed E-state index contributed by atoms with van der Waals surface area (Å²) < 4.78 is 0. The molecule has 1 unspecified atom stereocenters. The largest absolute Gasteiger partial charge is 0.412 e. The minimum atomic E-state index is 0. The summed E-state index contributed by atoms with van der Waals surface area (Å²) in [6, 6.07) is 8.01. The molecule has 0 aliphatic carbocycles. The van der Waals surface area contributed by atoms with E-state index >= 15 is 0 Å². The van der Waals surface area contributed by atoms with Gasteiger partial charge in [0.15, 0.2) is 0 Å². The second-order valence-electron chi connectivity index (χ2n) is 3.82. The molecule has 1 aromatic carbocycles. The summed E-state index contributed by atoms with van der Waals surface area (Å²) in [5.41, 5.74) is 6.87. The summed E-state index contributed by atoms with van der Waals surface area (Å²) in [6.45, 7) is 2.95. The second kappa shape index (κ2) is 8.55. The van der Waals surface area contributed by atoms with Crippen molar-refractivity contribution in [2.45, 2.75) is 6.42 Å². The summed E-state index contributed by atoms with van der Waals surface area (Å²) in [5.74, 6) is 0.647. The van der Waals surface area contributed by atoms with E-state index in [9.17, 15) is 0 Å². The molecule has 0 aromatic heterocycles. The van der Waals surface area contributed by atoms with Crippen LogP contribution in [0.15, 0.2) is 24.3 Å². The Morgan fingerprint density at radius 1 is 1.35 bits per heavy atom. The van der Waals surface area contributed by atoms with Crippen LogP contribution in [0.3, 0.4) is 0 Å². The van der Waals surface area contributed by atoms with Gasteiger partial charge in [-0.05, 0) is 37.1 Å². The Morgan fingerprint density at radius 2 is 2.06 bits per heavy atom. The van der Waals surface area contributed by atoms with E-state index in [-0.39, 0.29) is 23.4 Å². The SMILES string of the molecule is Cl.NCC1CCN(c2cccc(Cl)c2)C1.O.O. The number of hydrogen-bond donors (Lipinski definition) is 1. The molecule has 0 radical (unpaired) electrons. The van der Waals surface area contributed by atoms with Crippen molar-refractivity contribution in [1.82, 2.24) is 0 Å². The van der Waals surface area contributed by atoms with Crippen molar-refractivity contribution >= 4 is 29.7 Å². The van der Waals surface area contributed by atoms with E-state index in [1.165, 1.54) is 12.1 Å². The van der Waals surface area contributed by atoms with Crippen LogP contribution in [0.5, 0.6) is 0 Å². The quantitative estimate of drug-likeness (QED) is 0.873. The zero-order valence-corrected chi connectivity index (χ0v) is 11.1. The highest BCUT2D eigenvalue weighted by molar-refractivity contribution is 6.30. The molecule has 2 rings (SSSR count). The van der Waals surface area contributed by atoms with Crippen molar-refractivity contribution in [2.24, 2.45) is 11.7 Å². The van der Waals surface area contributed by atoms with Crippen LogP contribution < -0.4 is 10.6 Å². The number of benzene rings is 1. The maximum atomic E-state index is 5.94. The molecule has 1 aromatic rings. The van der Waals surface area contributed by atoms with Crippen LogP contribution in [0.25, 0.3) is 0 Å².